The summed E-state index contributed by atoms with van der Waals surface area (Å²) in [6.45, 7) is 1.74. The van der Waals surface area contributed by atoms with Crippen LogP contribution in [-0.2, 0) is 9.84 Å². The minimum atomic E-state index is -2.80. The largest absolute Gasteiger partial charge is 0.305 e. The molecule has 3 nitrogen and oxygen atoms in total. The molecule has 0 aromatic heterocycles. The van der Waals surface area contributed by atoms with Gasteiger partial charge < -0.3 is 4.90 Å². The highest BCUT2D eigenvalue weighted by molar-refractivity contribution is 7.91. The van der Waals surface area contributed by atoms with Gasteiger partial charge in [0.15, 0.2) is 9.84 Å². The summed E-state index contributed by atoms with van der Waals surface area (Å²) in [6.07, 6.45) is 3.17. The molecule has 1 atom stereocenters. The van der Waals surface area contributed by atoms with Gasteiger partial charge in [0.1, 0.15) is 0 Å². The molecule has 1 fully saturated rings. The molecule has 1 aliphatic rings. The first kappa shape index (κ1) is 9.00. The van der Waals surface area contributed by atoms with E-state index in [9.17, 15) is 8.42 Å². The van der Waals surface area contributed by atoms with Gasteiger partial charge in [-0.2, -0.15) is 0 Å². The molecule has 0 aromatic carbocycles. The lowest BCUT2D eigenvalue weighted by atomic mass is 10.1. The molecule has 1 heterocycles. The number of rotatable bonds is 1. The average Bonchev–Trinajstić information content (AvgIpc) is 1.86. The van der Waals surface area contributed by atoms with Crippen molar-refractivity contribution in [1.29, 1.82) is 0 Å². The highest BCUT2D eigenvalue weighted by atomic mass is 32.2. The summed E-state index contributed by atoms with van der Waals surface area (Å²) < 4.78 is 22.2. The number of piperidine rings is 1. The Hall–Kier alpha value is -0.0900. The van der Waals surface area contributed by atoms with Crippen LogP contribution in [-0.4, -0.2) is 45.0 Å². The lowest BCUT2D eigenvalue weighted by Crippen LogP contribution is -2.39. The smallest absolute Gasteiger partial charge is 0.151 e. The summed E-state index contributed by atoms with van der Waals surface area (Å²) >= 11 is 0. The minimum Gasteiger partial charge on any atom is -0.305 e. The number of nitrogens with zero attached hydrogens (tertiary/aromatic N) is 1. The van der Waals surface area contributed by atoms with Gasteiger partial charge in [0.25, 0.3) is 0 Å². The molecule has 1 aliphatic heterocycles. The van der Waals surface area contributed by atoms with Crippen LogP contribution in [0.3, 0.4) is 0 Å². The van der Waals surface area contributed by atoms with Crippen LogP contribution in [0.2, 0.25) is 0 Å². The van der Waals surface area contributed by atoms with E-state index >= 15 is 0 Å². The fourth-order valence-corrected chi connectivity index (χ4v) is 2.59. The van der Waals surface area contributed by atoms with Crippen molar-refractivity contribution < 1.29 is 8.42 Å². The quantitative estimate of drug-likeness (QED) is 0.571. The van der Waals surface area contributed by atoms with Crippen molar-refractivity contribution in [2.24, 2.45) is 0 Å². The number of hydrogen-bond acceptors (Lipinski definition) is 3. The van der Waals surface area contributed by atoms with E-state index in [4.69, 9.17) is 0 Å². The highest BCUT2D eigenvalue weighted by Gasteiger charge is 2.25. The van der Waals surface area contributed by atoms with Crippen LogP contribution in [0.25, 0.3) is 0 Å². The maximum absolute atomic E-state index is 11.1. The third kappa shape index (κ3) is 2.45. The monoisotopic (exact) mass is 177 g/mol. The van der Waals surface area contributed by atoms with Crippen LogP contribution in [0.1, 0.15) is 12.8 Å². The van der Waals surface area contributed by atoms with Crippen molar-refractivity contribution in [3.63, 3.8) is 0 Å². The topological polar surface area (TPSA) is 37.4 Å². The molecule has 0 unspecified atom stereocenters. The van der Waals surface area contributed by atoms with Gasteiger partial charge in [0, 0.05) is 12.8 Å². The number of hydrogen-bond donors (Lipinski definition) is 0. The molecule has 0 bridgehead atoms. The molecule has 4 heteroatoms. The Kier molecular flexibility index (Phi) is 2.54. The fourth-order valence-electron chi connectivity index (χ4n) is 1.47. The molecule has 1 saturated heterocycles. The van der Waals surface area contributed by atoms with Crippen LogP contribution in [0.15, 0.2) is 0 Å². The van der Waals surface area contributed by atoms with Gasteiger partial charge in [0.05, 0.1) is 5.25 Å². The molecular weight excluding hydrogens is 162 g/mol. The molecule has 0 aromatic rings. The second-order valence-corrected chi connectivity index (χ2v) is 5.68. The molecule has 0 N–H and O–H groups in total. The second-order valence-electron chi connectivity index (χ2n) is 3.36. The molecular formula is C7H15NO2S. The molecule has 11 heavy (non-hydrogen) atoms. The molecule has 0 aliphatic carbocycles. The summed E-state index contributed by atoms with van der Waals surface area (Å²) in [6, 6.07) is 0. The van der Waals surface area contributed by atoms with E-state index in [1.165, 1.54) is 6.26 Å². The highest BCUT2D eigenvalue weighted by Crippen LogP contribution is 2.14. The van der Waals surface area contributed by atoms with Gasteiger partial charge in [-0.1, -0.05) is 0 Å². The van der Waals surface area contributed by atoms with Crippen molar-refractivity contribution in [1.82, 2.24) is 4.90 Å². The minimum absolute atomic E-state index is 0.124. The Morgan fingerprint density at radius 3 is 2.45 bits per heavy atom. The van der Waals surface area contributed by atoms with Crippen LogP contribution < -0.4 is 0 Å². The SMILES string of the molecule is CN1CCC[C@H](S(C)(=O)=O)C1. The lowest BCUT2D eigenvalue weighted by molar-refractivity contribution is 0.278. The van der Waals surface area contributed by atoms with Gasteiger partial charge in [-0.15, -0.1) is 0 Å². The zero-order chi connectivity index (χ0) is 8.48. The summed E-state index contributed by atoms with van der Waals surface area (Å²) in [5.41, 5.74) is 0. The normalized spacial score (nSPS) is 28.7. The Bertz CT molecular complexity index is 223. The van der Waals surface area contributed by atoms with E-state index in [2.05, 4.69) is 4.90 Å². The standard InChI is InChI=1S/C7H15NO2S/c1-8-5-3-4-7(6-8)11(2,9)10/h7H,3-6H2,1-2H3/t7-/m0/s1. The third-order valence-electron chi connectivity index (χ3n) is 2.19. The predicted octanol–water partition coefficient (Wildman–Crippen LogP) is 0.125. The second kappa shape index (κ2) is 3.11. The zero-order valence-corrected chi connectivity index (χ0v) is 7.89. The maximum Gasteiger partial charge on any atom is 0.151 e. The molecule has 0 amide bonds. The van der Waals surface area contributed by atoms with Gasteiger partial charge >= 0.3 is 0 Å². The number of sulfone groups is 1. The van der Waals surface area contributed by atoms with Crippen molar-refractivity contribution in [2.75, 3.05) is 26.4 Å². The Morgan fingerprint density at radius 2 is 2.09 bits per heavy atom. The number of likely N-dealkylation sites (tertiary alicyclic amines) is 1. The summed E-state index contributed by atoms with van der Waals surface area (Å²) in [5.74, 6) is 0. The lowest BCUT2D eigenvalue weighted by Gasteiger charge is -2.28. The van der Waals surface area contributed by atoms with Crippen molar-refractivity contribution >= 4 is 9.84 Å². The third-order valence-corrected chi connectivity index (χ3v) is 3.78. The van der Waals surface area contributed by atoms with E-state index in [0.717, 1.165) is 19.4 Å². The zero-order valence-electron chi connectivity index (χ0n) is 7.08. The van der Waals surface area contributed by atoms with E-state index in [-0.39, 0.29) is 5.25 Å². The molecule has 0 spiro atoms. The van der Waals surface area contributed by atoms with E-state index in [0.29, 0.717) is 6.54 Å². The maximum atomic E-state index is 11.1. The fraction of sp³-hybridized carbons (Fsp3) is 1.00. The van der Waals surface area contributed by atoms with Crippen molar-refractivity contribution in [3.8, 4) is 0 Å². The van der Waals surface area contributed by atoms with Crippen LogP contribution in [0.5, 0.6) is 0 Å². The van der Waals surface area contributed by atoms with Gasteiger partial charge in [-0.25, -0.2) is 8.42 Å². The average molecular weight is 177 g/mol. The molecule has 0 saturated carbocycles. The van der Waals surface area contributed by atoms with Crippen LogP contribution >= 0.6 is 0 Å². The first-order valence-corrected chi connectivity index (χ1v) is 5.83. The first-order chi connectivity index (χ1) is 5.00. The Morgan fingerprint density at radius 1 is 1.45 bits per heavy atom. The van der Waals surface area contributed by atoms with Crippen molar-refractivity contribution in [3.05, 3.63) is 0 Å². The Balaban J connectivity index is 2.60. The van der Waals surface area contributed by atoms with Crippen LogP contribution in [0, 0.1) is 0 Å². The van der Waals surface area contributed by atoms with E-state index in [1.54, 1.807) is 0 Å². The summed E-state index contributed by atoms with van der Waals surface area (Å²) in [4.78, 5) is 2.08. The molecule has 1 rings (SSSR count). The van der Waals surface area contributed by atoms with Gasteiger partial charge in [-0.3, -0.25) is 0 Å². The van der Waals surface area contributed by atoms with Gasteiger partial charge in [-0.05, 0) is 26.4 Å². The van der Waals surface area contributed by atoms with Gasteiger partial charge in [0.2, 0.25) is 0 Å². The predicted molar refractivity (Wildman–Crippen MR) is 45.4 cm³/mol. The van der Waals surface area contributed by atoms with E-state index < -0.39 is 9.84 Å². The Labute approximate surface area is 68.3 Å². The van der Waals surface area contributed by atoms with Crippen molar-refractivity contribution in [2.45, 2.75) is 18.1 Å². The molecule has 66 valence electrons. The molecule has 0 radical (unpaired) electrons. The summed E-state index contributed by atoms with van der Waals surface area (Å²) in [7, 11) is -0.831. The van der Waals surface area contributed by atoms with E-state index in [1.807, 2.05) is 7.05 Å². The van der Waals surface area contributed by atoms with Crippen LogP contribution in [0.4, 0.5) is 0 Å². The first-order valence-electron chi connectivity index (χ1n) is 3.87. The summed E-state index contributed by atoms with van der Waals surface area (Å²) in [5, 5.41) is -0.124.